The van der Waals surface area contributed by atoms with E-state index in [4.69, 9.17) is 10.5 Å². The lowest BCUT2D eigenvalue weighted by Gasteiger charge is -2.05. The van der Waals surface area contributed by atoms with Crippen molar-refractivity contribution in [2.75, 3.05) is 13.7 Å². The fourth-order valence-electron chi connectivity index (χ4n) is 1.11. The Bertz CT molecular complexity index is 372. The summed E-state index contributed by atoms with van der Waals surface area (Å²) in [7, 11) is 1.29. The lowest BCUT2D eigenvalue weighted by molar-refractivity contribution is -0.142. The highest BCUT2D eigenvalue weighted by molar-refractivity contribution is 5.76. The Hall–Kier alpha value is -2.04. The minimum absolute atomic E-state index is 0.133. The summed E-state index contributed by atoms with van der Waals surface area (Å²) in [5.74, 6) is -0.289. The lowest BCUT2D eigenvalue weighted by Crippen LogP contribution is -2.14. The van der Waals surface area contributed by atoms with Gasteiger partial charge in [-0.05, 0) is 17.7 Å². The van der Waals surface area contributed by atoms with Crippen LogP contribution in [-0.2, 0) is 20.7 Å². The maximum Gasteiger partial charge on any atom is 0.343 e. The van der Waals surface area contributed by atoms with E-state index in [1.54, 1.807) is 24.3 Å². The smallest absolute Gasteiger partial charge is 0.343 e. The highest BCUT2D eigenvalue weighted by Gasteiger charge is 2.02. The van der Waals surface area contributed by atoms with E-state index < -0.39 is 5.97 Å². The van der Waals surface area contributed by atoms with Crippen LogP contribution in [0.5, 0.6) is 5.75 Å². The van der Waals surface area contributed by atoms with Crippen molar-refractivity contribution in [1.29, 1.82) is 0 Å². The minimum Gasteiger partial charge on any atom is -0.482 e. The first-order valence-electron chi connectivity index (χ1n) is 4.68. The molecule has 0 saturated heterocycles. The molecule has 16 heavy (non-hydrogen) atoms. The van der Waals surface area contributed by atoms with Gasteiger partial charge in [-0.2, -0.15) is 0 Å². The Labute approximate surface area is 93.1 Å². The van der Waals surface area contributed by atoms with Crippen LogP contribution < -0.4 is 10.5 Å². The van der Waals surface area contributed by atoms with E-state index in [9.17, 15) is 9.59 Å². The average Bonchev–Trinajstić information content (AvgIpc) is 2.27. The van der Waals surface area contributed by atoms with E-state index in [1.165, 1.54) is 7.11 Å². The third-order valence-electron chi connectivity index (χ3n) is 1.89. The molecule has 5 nitrogen and oxygen atoms in total. The Kier molecular flexibility index (Phi) is 4.32. The molecule has 0 spiro atoms. The van der Waals surface area contributed by atoms with Crippen molar-refractivity contribution in [1.82, 2.24) is 0 Å². The summed E-state index contributed by atoms with van der Waals surface area (Å²) in [5.41, 5.74) is 5.85. The number of benzene rings is 1. The van der Waals surface area contributed by atoms with Crippen molar-refractivity contribution < 1.29 is 19.1 Å². The van der Waals surface area contributed by atoms with Crippen molar-refractivity contribution in [2.24, 2.45) is 5.73 Å². The topological polar surface area (TPSA) is 78.6 Å². The number of carbonyl (C=O) groups is 2. The van der Waals surface area contributed by atoms with Gasteiger partial charge in [-0.3, -0.25) is 4.79 Å². The van der Waals surface area contributed by atoms with Gasteiger partial charge in [0, 0.05) is 0 Å². The van der Waals surface area contributed by atoms with E-state index in [2.05, 4.69) is 4.74 Å². The molecule has 0 aliphatic carbocycles. The third-order valence-corrected chi connectivity index (χ3v) is 1.89. The molecule has 1 aromatic carbocycles. The van der Waals surface area contributed by atoms with Crippen molar-refractivity contribution in [2.45, 2.75) is 6.42 Å². The average molecular weight is 223 g/mol. The van der Waals surface area contributed by atoms with Gasteiger partial charge in [0.05, 0.1) is 13.5 Å². The van der Waals surface area contributed by atoms with Crippen LogP contribution in [0.3, 0.4) is 0 Å². The molecule has 1 aromatic rings. The van der Waals surface area contributed by atoms with Crippen molar-refractivity contribution in [3.63, 3.8) is 0 Å². The summed E-state index contributed by atoms with van der Waals surface area (Å²) in [5, 5.41) is 0. The van der Waals surface area contributed by atoms with Gasteiger partial charge in [-0.25, -0.2) is 4.79 Å². The molecule has 5 heteroatoms. The standard InChI is InChI=1S/C11H13NO4/c1-15-11(14)7-16-9-4-2-8(3-5-9)6-10(12)13/h2-5H,6-7H2,1H3,(H2,12,13). The molecule has 0 unspecified atom stereocenters. The maximum atomic E-state index is 10.8. The number of ether oxygens (including phenoxy) is 2. The van der Waals surface area contributed by atoms with Gasteiger partial charge >= 0.3 is 5.97 Å². The summed E-state index contributed by atoms with van der Waals surface area (Å²) in [6.07, 6.45) is 0.192. The summed E-state index contributed by atoms with van der Waals surface area (Å²) in [6.45, 7) is -0.133. The lowest BCUT2D eigenvalue weighted by atomic mass is 10.1. The molecule has 0 aliphatic rings. The molecule has 1 rings (SSSR count). The summed E-state index contributed by atoms with van der Waals surface area (Å²) in [6, 6.07) is 6.77. The predicted octanol–water partition coefficient (Wildman–Crippen LogP) is 0.266. The monoisotopic (exact) mass is 223 g/mol. The second kappa shape index (κ2) is 5.75. The van der Waals surface area contributed by atoms with Gasteiger partial charge in [-0.15, -0.1) is 0 Å². The molecule has 2 N–H and O–H groups in total. The highest BCUT2D eigenvalue weighted by atomic mass is 16.6. The third kappa shape index (κ3) is 4.00. The van der Waals surface area contributed by atoms with Crippen LogP contribution in [0, 0.1) is 0 Å². The zero-order valence-electron chi connectivity index (χ0n) is 8.93. The summed E-state index contributed by atoms with van der Waals surface area (Å²) < 4.78 is 9.55. The normalized spacial score (nSPS) is 9.56. The molecule has 86 valence electrons. The molecule has 1 amide bonds. The Morgan fingerprint density at radius 3 is 2.38 bits per heavy atom. The minimum atomic E-state index is -0.443. The van der Waals surface area contributed by atoms with Gasteiger partial charge in [-0.1, -0.05) is 12.1 Å². The number of hydrogen-bond donors (Lipinski definition) is 1. The Morgan fingerprint density at radius 2 is 1.88 bits per heavy atom. The van der Waals surface area contributed by atoms with Crippen molar-refractivity contribution in [3.8, 4) is 5.75 Å². The van der Waals surface area contributed by atoms with E-state index >= 15 is 0 Å². The van der Waals surface area contributed by atoms with Crippen LogP contribution in [0.2, 0.25) is 0 Å². The predicted molar refractivity (Wildman–Crippen MR) is 56.9 cm³/mol. The van der Waals surface area contributed by atoms with E-state index in [0.717, 1.165) is 5.56 Å². The number of nitrogens with two attached hydrogens (primary N) is 1. The molecule has 0 fully saturated rings. The van der Waals surface area contributed by atoms with Gasteiger partial charge in [0.25, 0.3) is 0 Å². The zero-order valence-corrected chi connectivity index (χ0v) is 8.93. The largest absolute Gasteiger partial charge is 0.482 e. The second-order valence-corrected chi connectivity index (χ2v) is 3.15. The van der Waals surface area contributed by atoms with Crippen LogP contribution in [0.15, 0.2) is 24.3 Å². The van der Waals surface area contributed by atoms with Crippen LogP contribution in [0.25, 0.3) is 0 Å². The van der Waals surface area contributed by atoms with Crippen molar-refractivity contribution in [3.05, 3.63) is 29.8 Å². The summed E-state index contributed by atoms with van der Waals surface area (Å²) in [4.78, 5) is 21.4. The van der Waals surface area contributed by atoms with E-state index in [1.807, 2.05) is 0 Å². The van der Waals surface area contributed by atoms with Gasteiger partial charge in [0.15, 0.2) is 6.61 Å². The molecule has 0 bridgehead atoms. The number of methoxy groups -OCH3 is 1. The second-order valence-electron chi connectivity index (χ2n) is 3.15. The fraction of sp³-hybridized carbons (Fsp3) is 0.273. The summed E-state index contributed by atoms with van der Waals surface area (Å²) >= 11 is 0. The zero-order chi connectivity index (χ0) is 12.0. The van der Waals surface area contributed by atoms with Crippen molar-refractivity contribution >= 4 is 11.9 Å². The number of hydrogen-bond acceptors (Lipinski definition) is 4. The fourth-order valence-corrected chi connectivity index (χ4v) is 1.11. The van der Waals surface area contributed by atoms with Crippen LogP contribution in [0.1, 0.15) is 5.56 Å². The Morgan fingerprint density at radius 1 is 1.25 bits per heavy atom. The van der Waals surface area contributed by atoms with Crippen LogP contribution >= 0.6 is 0 Å². The van der Waals surface area contributed by atoms with Crippen LogP contribution in [0.4, 0.5) is 0 Å². The molecule has 0 heterocycles. The molecule has 0 aromatic heterocycles. The maximum absolute atomic E-state index is 10.8. The van der Waals surface area contributed by atoms with E-state index in [-0.39, 0.29) is 18.9 Å². The van der Waals surface area contributed by atoms with Gasteiger partial charge < -0.3 is 15.2 Å². The number of primary amides is 1. The molecular weight excluding hydrogens is 210 g/mol. The SMILES string of the molecule is COC(=O)COc1ccc(CC(N)=O)cc1. The van der Waals surface area contributed by atoms with E-state index in [0.29, 0.717) is 5.75 Å². The molecular formula is C11H13NO4. The molecule has 0 atom stereocenters. The first-order chi connectivity index (χ1) is 7.61. The van der Waals surface area contributed by atoms with Crippen LogP contribution in [-0.4, -0.2) is 25.6 Å². The van der Waals surface area contributed by atoms with Gasteiger partial charge in [0.2, 0.25) is 5.91 Å². The first kappa shape index (κ1) is 12.0. The molecule has 0 aliphatic heterocycles. The number of carbonyl (C=O) groups excluding carboxylic acids is 2. The quantitative estimate of drug-likeness (QED) is 0.726. The highest BCUT2D eigenvalue weighted by Crippen LogP contribution is 2.12. The number of esters is 1. The molecule has 0 saturated carbocycles. The Balaban J connectivity index is 2.51. The van der Waals surface area contributed by atoms with Gasteiger partial charge in [0.1, 0.15) is 5.75 Å². The first-order valence-corrected chi connectivity index (χ1v) is 4.68. The number of amides is 1. The molecule has 0 radical (unpaired) electrons. The number of rotatable bonds is 5.